The Kier molecular flexibility index (Phi) is 4.91. The fraction of sp³-hybridized carbons (Fsp3) is 0.316. The van der Waals surface area contributed by atoms with Crippen LogP contribution in [-0.4, -0.2) is 16.8 Å². The number of nitrogens with zero attached hydrogens (tertiary/aromatic N) is 1. The van der Waals surface area contributed by atoms with Crippen molar-refractivity contribution in [3.63, 3.8) is 0 Å². The fourth-order valence-electron chi connectivity index (χ4n) is 2.46. The first kappa shape index (κ1) is 18.9. The minimum Gasteiger partial charge on any atom is -0.348 e. The molecule has 1 aromatic heterocycles. The highest BCUT2D eigenvalue weighted by Crippen LogP contribution is 2.45. The van der Waals surface area contributed by atoms with Gasteiger partial charge in [-0.1, -0.05) is 19.1 Å². The summed E-state index contributed by atoms with van der Waals surface area (Å²) in [5, 5.41) is 5.25. The maximum Gasteiger partial charge on any atom is 0.416 e. The lowest BCUT2D eigenvalue weighted by Gasteiger charge is -2.11. The Bertz CT molecular complexity index is 876. The molecule has 8 heteroatoms. The van der Waals surface area contributed by atoms with Crippen molar-refractivity contribution in [2.24, 2.45) is 5.41 Å². The average molecular weight is 377 g/mol. The van der Waals surface area contributed by atoms with Gasteiger partial charge in [-0.05, 0) is 42.7 Å². The molecular formula is C19H18F3N3O2. The van der Waals surface area contributed by atoms with Crippen LogP contribution >= 0.6 is 0 Å². The molecule has 0 unspecified atom stereocenters. The van der Waals surface area contributed by atoms with Crippen LogP contribution in [0.3, 0.4) is 0 Å². The van der Waals surface area contributed by atoms with Crippen LogP contribution in [0.5, 0.6) is 0 Å². The first-order valence-corrected chi connectivity index (χ1v) is 8.39. The standard InChI is InChI=1S/C19H18F3N3O2/c1-18(6-7-18)17(27)25-15-10-13(5-8-23-15)16(26)24-11-12-3-2-4-14(9-12)19(20,21)22/h2-5,8-10H,6-7,11H2,1H3,(H,24,26)(H,23,25,27). The lowest BCUT2D eigenvalue weighted by Crippen LogP contribution is -2.24. The van der Waals surface area contributed by atoms with Gasteiger partial charge in [0.15, 0.2) is 0 Å². The van der Waals surface area contributed by atoms with Crippen LogP contribution in [0.15, 0.2) is 42.6 Å². The number of anilines is 1. The number of hydrogen-bond acceptors (Lipinski definition) is 3. The van der Waals surface area contributed by atoms with Gasteiger partial charge in [0.25, 0.3) is 5.91 Å². The van der Waals surface area contributed by atoms with E-state index in [0.29, 0.717) is 5.56 Å². The van der Waals surface area contributed by atoms with Crippen molar-refractivity contribution in [2.45, 2.75) is 32.5 Å². The highest BCUT2D eigenvalue weighted by atomic mass is 19.4. The molecule has 5 nitrogen and oxygen atoms in total. The van der Waals surface area contributed by atoms with Crippen molar-refractivity contribution in [1.29, 1.82) is 0 Å². The van der Waals surface area contributed by atoms with Crippen LogP contribution in [-0.2, 0) is 17.5 Å². The Morgan fingerprint density at radius 3 is 2.59 bits per heavy atom. The van der Waals surface area contributed by atoms with E-state index in [-0.39, 0.29) is 29.2 Å². The van der Waals surface area contributed by atoms with Crippen LogP contribution < -0.4 is 10.6 Å². The molecule has 1 aliphatic carbocycles. The number of halogens is 3. The summed E-state index contributed by atoms with van der Waals surface area (Å²) in [5.41, 5.74) is -0.545. The minimum absolute atomic E-state index is 0.0508. The van der Waals surface area contributed by atoms with Gasteiger partial charge in [0.05, 0.1) is 5.56 Å². The van der Waals surface area contributed by atoms with Gasteiger partial charge in [0.2, 0.25) is 5.91 Å². The summed E-state index contributed by atoms with van der Waals surface area (Å²) in [6, 6.07) is 7.67. The van der Waals surface area contributed by atoms with Crippen molar-refractivity contribution in [3.8, 4) is 0 Å². The van der Waals surface area contributed by atoms with Gasteiger partial charge in [-0.15, -0.1) is 0 Å². The second-order valence-corrected chi connectivity index (χ2v) is 6.83. The molecule has 1 aromatic carbocycles. The molecule has 0 saturated heterocycles. The molecule has 1 heterocycles. The highest BCUT2D eigenvalue weighted by Gasteiger charge is 2.45. The topological polar surface area (TPSA) is 71.1 Å². The smallest absolute Gasteiger partial charge is 0.348 e. The van der Waals surface area contributed by atoms with Crippen LogP contribution in [0.2, 0.25) is 0 Å². The monoisotopic (exact) mass is 377 g/mol. The van der Waals surface area contributed by atoms with Gasteiger partial charge in [-0.3, -0.25) is 9.59 Å². The largest absolute Gasteiger partial charge is 0.416 e. The van der Waals surface area contributed by atoms with E-state index >= 15 is 0 Å². The van der Waals surface area contributed by atoms with Crippen LogP contribution in [0, 0.1) is 5.41 Å². The molecule has 0 radical (unpaired) electrons. The zero-order chi connectivity index (χ0) is 19.7. The van der Waals surface area contributed by atoms with E-state index in [4.69, 9.17) is 0 Å². The first-order chi connectivity index (χ1) is 12.7. The van der Waals surface area contributed by atoms with Crippen molar-refractivity contribution < 1.29 is 22.8 Å². The predicted octanol–water partition coefficient (Wildman–Crippen LogP) is 3.77. The van der Waals surface area contributed by atoms with Crippen molar-refractivity contribution in [1.82, 2.24) is 10.3 Å². The molecular weight excluding hydrogens is 359 g/mol. The molecule has 0 spiro atoms. The molecule has 1 saturated carbocycles. The second-order valence-electron chi connectivity index (χ2n) is 6.83. The molecule has 27 heavy (non-hydrogen) atoms. The number of carbonyl (C=O) groups is 2. The van der Waals surface area contributed by atoms with E-state index in [1.54, 1.807) is 0 Å². The summed E-state index contributed by atoms with van der Waals surface area (Å²) < 4.78 is 38.2. The molecule has 0 bridgehead atoms. The van der Waals surface area contributed by atoms with Crippen LogP contribution in [0.1, 0.15) is 41.3 Å². The molecule has 142 valence electrons. The number of benzene rings is 1. The summed E-state index contributed by atoms with van der Waals surface area (Å²) >= 11 is 0. The van der Waals surface area contributed by atoms with Gasteiger partial charge >= 0.3 is 6.18 Å². The summed E-state index contributed by atoms with van der Waals surface area (Å²) in [6.07, 6.45) is -1.41. The number of carbonyl (C=O) groups excluding carboxylic acids is 2. The van der Waals surface area contributed by atoms with Gasteiger partial charge in [-0.25, -0.2) is 4.98 Å². The van der Waals surface area contributed by atoms with Gasteiger partial charge in [0.1, 0.15) is 5.82 Å². The molecule has 1 fully saturated rings. The quantitative estimate of drug-likeness (QED) is 0.833. The average Bonchev–Trinajstić information content (AvgIpc) is 3.38. The Morgan fingerprint density at radius 1 is 1.19 bits per heavy atom. The van der Waals surface area contributed by atoms with E-state index in [1.165, 1.54) is 30.5 Å². The van der Waals surface area contributed by atoms with Crippen LogP contribution in [0.4, 0.5) is 19.0 Å². The second kappa shape index (κ2) is 7.02. The Morgan fingerprint density at radius 2 is 1.93 bits per heavy atom. The summed E-state index contributed by atoms with van der Waals surface area (Å²) in [7, 11) is 0. The molecule has 0 aliphatic heterocycles. The van der Waals surface area contributed by atoms with Crippen molar-refractivity contribution in [3.05, 3.63) is 59.3 Å². The van der Waals surface area contributed by atoms with E-state index in [2.05, 4.69) is 15.6 Å². The lowest BCUT2D eigenvalue weighted by atomic mass is 10.1. The normalized spacial score (nSPS) is 15.1. The molecule has 2 aromatic rings. The third-order valence-corrected chi connectivity index (χ3v) is 4.52. The van der Waals surface area contributed by atoms with E-state index < -0.39 is 17.6 Å². The zero-order valence-electron chi connectivity index (χ0n) is 14.6. The predicted molar refractivity (Wildman–Crippen MR) is 92.8 cm³/mol. The number of hydrogen-bond donors (Lipinski definition) is 2. The van der Waals surface area contributed by atoms with E-state index in [0.717, 1.165) is 25.0 Å². The molecule has 3 rings (SSSR count). The summed E-state index contributed by atoms with van der Waals surface area (Å²) in [5.74, 6) is -0.348. The third-order valence-electron chi connectivity index (χ3n) is 4.52. The number of amides is 2. The number of nitrogens with one attached hydrogen (secondary N) is 2. The maximum atomic E-state index is 12.7. The minimum atomic E-state index is -4.43. The molecule has 0 atom stereocenters. The SMILES string of the molecule is CC1(C(=O)Nc2cc(C(=O)NCc3cccc(C(F)(F)F)c3)ccn2)CC1. The number of aromatic nitrogens is 1. The number of pyridine rings is 1. The van der Waals surface area contributed by atoms with Gasteiger partial charge < -0.3 is 10.6 Å². The van der Waals surface area contributed by atoms with Gasteiger partial charge in [0, 0.05) is 23.7 Å². The Labute approximate surface area is 154 Å². The van der Waals surface area contributed by atoms with E-state index in [1.807, 2.05) is 6.92 Å². The number of rotatable bonds is 5. The highest BCUT2D eigenvalue weighted by molar-refractivity contribution is 5.98. The lowest BCUT2D eigenvalue weighted by molar-refractivity contribution is -0.137. The summed E-state index contributed by atoms with van der Waals surface area (Å²) in [4.78, 5) is 28.4. The maximum absolute atomic E-state index is 12.7. The molecule has 2 N–H and O–H groups in total. The first-order valence-electron chi connectivity index (χ1n) is 8.39. The Balaban J connectivity index is 1.63. The van der Waals surface area contributed by atoms with Crippen molar-refractivity contribution >= 4 is 17.6 Å². The fourth-order valence-corrected chi connectivity index (χ4v) is 2.46. The Hall–Kier alpha value is -2.90. The van der Waals surface area contributed by atoms with Crippen molar-refractivity contribution in [2.75, 3.05) is 5.32 Å². The third kappa shape index (κ3) is 4.64. The summed E-state index contributed by atoms with van der Waals surface area (Å²) in [6.45, 7) is 1.80. The van der Waals surface area contributed by atoms with E-state index in [9.17, 15) is 22.8 Å². The molecule has 2 amide bonds. The van der Waals surface area contributed by atoms with Crippen LogP contribution in [0.25, 0.3) is 0 Å². The zero-order valence-corrected chi connectivity index (χ0v) is 14.6. The van der Waals surface area contributed by atoms with Gasteiger partial charge in [-0.2, -0.15) is 13.2 Å². The molecule has 1 aliphatic rings. The number of alkyl halides is 3.